The number of amidine groups is 1. The number of H-pyrrole nitrogens is 1. The maximum absolute atomic E-state index is 12.8. The number of halogens is 1. The molecule has 7 nitrogen and oxygen atoms in total. The summed E-state index contributed by atoms with van der Waals surface area (Å²) in [4.78, 5) is 22.2. The number of benzene rings is 2. The van der Waals surface area contributed by atoms with Crippen molar-refractivity contribution in [2.75, 3.05) is 16.8 Å². The second kappa shape index (κ2) is 10.6. The van der Waals surface area contributed by atoms with Gasteiger partial charge < -0.3 is 20.9 Å². The van der Waals surface area contributed by atoms with Gasteiger partial charge in [0.1, 0.15) is 5.84 Å². The first kappa shape index (κ1) is 24.0. The summed E-state index contributed by atoms with van der Waals surface area (Å²) in [5.74, 6) is 0.298. The standard InChI is InChI=1S/C23H28N6O.ClH/c1-15(2)17-7-9-19(10-8-17)28-22(30)13-29(12-21-16(3)26-14-27-21)20-6-4-5-18(11-20)23(24)25;/h4-11,14-15H,12-13H2,1-3H3,(H3,24,25)(H,26,27)(H,28,30);1H. The van der Waals surface area contributed by atoms with Crippen molar-refractivity contribution in [3.63, 3.8) is 0 Å². The molecule has 0 bridgehead atoms. The molecular weight excluding hydrogens is 412 g/mol. The molecule has 3 aromatic rings. The number of hydrogen-bond acceptors (Lipinski definition) is 4. The Morgan fingerprint density at radius 1 is 1.23 bits per heavy atom. The number of nitrogens with one attached hydrogen (secondary N) is 3. The van der Waals surface area contributed by atoms with Gasteiger partial charge in [-0.05, 0) is 42.7 Å². The van der Waals surface area contributed by atoms with Gasteiger partial charge in [-0.15, -0.1) is 12.4 Å². The summed E-state index contributed by atoms with van der Waals surface area (Å²) in [7, 11) is 0. The number of aryl methyl sites for hydroxylation is 1. The van der Waals surface area contributed by atoms with Crippen molar-refractivity contribution >= 4 is 35.5 Å². The Kier molecular flexibility index (Phi) is 8.22. The first-order chi connectivity index (χ1) is 14.3. The van der Waals surface area contributed by atoms with Gasteiger partial charge in [-0.2, -0.15) is 0 Å². The minimum absolute atomic E-state index is 0. The minimum Gasteiger partial charge on any atom is -0.384 e. The second-order valence-electron chi connectivity index (χ2n) is 7.62. The van der Waals surface area contributed by atoms with E-state index in [4.69, 9.17) is 11.1 Å². The third-order valence-electron chi connectivity index (χ3n) is 4.99. The van der Waals surface area contributed by atoms with Crippen molar-refractivity contribution in [3.8, 4) is 0 Å². The van der Waals surface area contributed by atoms with Crippen LogP contribution in [-0.4, -0.2) is 28.3 Å². The van der Waals surface area contributed by atoms with Crippen LogP contribution in [-0.2, 0) is 11.3 Å². The molecule has 5 N–H and O–H groups in total. The molecule has 0 atom stereocenters. The van der Waals surface area contributed by atoms with Gasteiger partial charge in [0.05, 0.1) is 25.1 Å². The number of hydrogen-bond donors (Lipinski definition) is 4. The van der Waals surface area contributed by atoms with Crippen molar-refractivity contribution in [3.05, 3.63) is 77.4 Å². The highest BCUT2D eigenvalue weighted by molar-refractivity contribution is 5.97. The minimum atomic E-state index is -0.131. The fourth-order valence-electron chi connectivity index (χ4n) is 3.16. The van der Waals surface area contributed by atoms with E-state index in [2.05, 4.69) is 29.1 Å². The molecule has 0 unspecified atom stereocenters. The van der Waals surface area contributed by atoms with Gasteiger partial charge >= 0.3 is 0 Å². The van der Waals surface area contributed by atoms with Crippen LogP contribution in [0.15, 0.2) is 54.9 Å². The number of amides is 1. The molecule has 31 heavy (non-hydrogen) atoms. The number of nitrogens with zero attached hydrogens (tertiary/aromatic N) is 2. The molecule has 0 aliphatic rings. The summed E-state index contributed by atoms with van der Waals surface area (Å²) in [5.41, 5.74) is 10.9. The molecule has 0 aliphatic carbocycles. The summed E-state index contributed by atoms with van der Waals surface area (Å²) in [5, 5.41) is 10.7. The van der Waals surface area contributed by atoms with E-state index in [9.17, 15) is 4.79 Å². The van der Waals surface area contributed by atoms with Gasteiger partial charge in [0.15, 0.2) is 0 Å². The van der Waals surface area contributed by atoms with Gasteiger partial charge in [0.25, 0.3) is 0 Å². The molecule has 1 heterocycles. The van der Waals surface area contributed by atoms with Crippen LogP contribution >= 0.6 is 12.4 Å². The topological polar surface area (TPSA) is 111 Å². The highest BCUT2D eigenvalue weighted by Crippen LogP contribution is 2.20. The lowest BCUT2D eigenvalue weighted by atomic mass is 10.0. The summed E-state index contributed by atoms with van der Waals surface area (Å²) >= 11 is 0. The fraction of sp³-hybridized carbons (Fsp3) is 0.261. The predicted octanol–water partition coefficient (Wildman–Crippen LogP) is 4.19. The number of carbonyl (C=O) groups excluding carboxylic acids is 1. The van der Waals surface area contributed by atoms with E-state index in [-0.39, 0.29) is 30.7 Å². The monoisotopic (exact) mass is 440 g/mol. The zero-order chi connectivity index (χ0) is 21.7. The Morgan fingerprint density at radius 3 is 2.52 bits per heavy atom. The van der Waals surface area contributed by atoms with E-state index < -0.39 is 0 Å². The third kappa shape index (κ3) is 6.33. The SMILES string of the molecule is Cc1[nH]cnc1CN(CC(=O)Nc1ccc(C(C)C)cc1)c1cccc(C(=N)N)c1.Cl. The van der Waals surface area contributed by atoms with Crippen molar-refractivity contribution < 1.29 is 4.79 Å². The molecule has 0 spiro atoms. The molecule has 0 aliphatic heterocycles. The number of imidazole rings is 1. The molecule has 0 saturated carbocycles. The highest BCUT2D eigenvalue weighted by atomic mass is 35.5. The number of aromatic amines is 1. The fourth-order valence-corrected chi connectivity index (χ4v) is 3.16. The normalized spacial score (nSPS) is 10.5. The number of nitrogen functional groups attached to an aromatic ring is 1. The van der Waals surface area contributed by atoms with Crippen molar-refractivity contribution in [1.82, 2.24) is 9.97 Å². The van der Waals surface area contributed by atoms with Crippen molar-refractivity contribution in [2.45, 2.75) is 33.2 Å². The van der Waals surface area contributed by atoms with E-state index in [0.29, 0.717) is 18.0 Å². The van der Waals surface area contributed by atoms with E-state index in [1.807, 2.05) is 54.3 Å². The molecule has 1 aromatic heterocycles. The molecular formula is C23H29ClN6O. The molecule has 8 heteroatoms. The Bertz CT molecular complexity index is 1030. The predicted molar refractivity (Wildman–Crippen MR) is 128 cm³/mol. The molecule has 0 radical (unpaired) electrons. The second-order valence-corrected chi connectivity index (χ2v) is 7.62. The zero-order valence-electron chi connectivity index (χ0n) is 18.0. The molecule has 3 rings (SSSR count). The molecule has 1 amide bonds. The van der Waals surface area contributed by atoms with E-state index >= 15 is 0 Å². The van der Waals surface area contributed by atoms with Crippen LogP contribution in [0.1, 0.15) is 42.3 Å². The van der Waals surface area contributed by atoms with Crippen molar-refractivity contribution in [2.24, 2.45) is 5.73 Å². The summed E-state index contributed by atoms with van der Waals surface area (Å²) in [6.45, 7) is 6.81. The number of anilines is 2. The summed E-state index contributed by atoms with van der Waals surface area (Å²) < 4.78 is 0. The van der Waals surface area contributed by atoms with Crippen LogP contribution in [0.2, 0.25) is 0 Å². The summed E-state index contributed by atoms with van der Waals surface area (Å²) in [6.07, 6.45) is 1.64. The van der Waals surface area contributed by atoms with Gasteiger partial charge in [-0.1, -0.05) is 38.1 Å². The van der Waals surface area contributed by atoms with Crippen LogP contribution in [0.4, 0.5) is 11.4 Å². The Labute approximate surface area is 189 Å². The van der Waals surface area contributed by atoms with Crippen LogP contribution in [0.25, 0.3) is 0 Å². The lowest BCUT2D eigenvalue weighted by Crippen LogP contribution is -2.33. The van der Waals surface area contributed by atoms with Crippen LogP contribution in [0.3, 0.4) is 0 Å². The first-order valence-electron chi connectivity index (χ1n) is 9.91. The van der Waals surface area contributed by atoms with Crippen LogP contribution in [0, 0.1) is 12.3 Å². The van der Waals surface area contributed by atoms with Gasteiger partial charge in [-0.25, -0.2) is 4.98 Å². The third-order valence-corrected chi connectivity index (χ3v) is 4.99. The van der Waals surface area contributed by atoms with E-state index in [1.54, 1.807) is 12.4 Å². The van der Waals surface area contributed by atoms with Crippen LogP contribution in [0.5, 0.6) is 0 Å². The summed E-state index contributed by atoms with van der Waals surface area (Å²) in [6, 6.07) is 15.2. The highest BCUT2D eigenvalue weighted by Gasteiger charge is 2.16. The molecule has 0 saturated heterocycles. The smallest absolute Gasteiger partial charge is 0.243 e. The van der Waals surface area contributed by atoms with Crippen molar-refractivity contribution in [1.29, 1.82) is 5.41 Å². The van der Waals surface area contributed by atoms with Crippen LogP contribution < -0.4 is 16.0 Å². The molecule has 2 aromatic carbocycles. The average molecular weight is 441 g/mol. The largest absolute Gasteiger partial charge is 0.384 e. The zero-order valence-corrected chi connectivity index (χ0v) is 18.8. The number of rotatable bonds is 8. The lowest BCUT2D eigenvalue weighted by molar-refractivity contribution is -0.115. The Hall–Kier alpha value is -3.32. The van der Waals surface area contributed by atoms with E-state index in [0.717, 1.165) is 22.8 Å². The Balaban J connectivity index is 0.00000341. The van der Waals surface area contributed by atoms with Gasteiger partial charge in [0.2, 0.25) is 5.91 Å². The maximum atomic E-state index is 12.8. The molecule has 164 valence electrons. The number of aromatic nitrogens is 2. The van der Waals surface area contributed by atoms with Gasteiger partial charge in [0, 0.05) is 22.6 Å². The average Bonchev–Trinajstić information content (AvgIpc) is 3.12. The van der Waals surface area contributed by atoms with Gasteiger partial charge in [-0.3, -0.25) is 10.2 Å². The number of carbonyl (C=O) groups is 1. The lowest BCUT2D eigenvalue weighted by Gasteiger charge is -2.24. The van der Waals surface area contributed by atoms with E-state index in [1.165, 1.54) is 5.56 Å². The maximum Gasteiger partial charge on any atom is 0.243 e. The molecule has 0 fully saturated rings. The number of nitrogens with two attached hydrogens (primary N) is 1. The first-order valence-corrected chi connectivity index (χ1v) is 9.91. The Morgan fingerprint density at radius 2 is 1.94 bits per heavy atom. The quantitative estimate of drug-likeness (QED) is 0.311.